The summed E-state index contributed by atoms with van der Waals surface area (Å²) in [6, 6.07) is 11.8. The van der Waals surface area contributed by atoms with Gasteiger partial charge in [-0.15, -0.1) is 0 Å². The number of carbonyl (C=O) groups is 1. The van der Waals surface area contributed by atoms with Gasteiger partial charge >= 0.3 is 0 Å². The highest BCUT2D eigenvalue weighted by Crippen LogP contribution is 2.26. The first-order chi connectivity index (χ1) is 16.2. The normalized spacial score (nSPS) is 11.1. The molecule has 11 nitrogen and oxygen atoms in total. The molecule has 0 aliphatic rings. The number of nitrogens with one attached hydrogen (secondary N) is 1. The number of nitrogens with zero attached hydrogens (tertiary/aromatic N) is 4. The largest absolute Gasteiger partial charge is 0.496 e. The number of hydrogen-bond donors (Lipinski definition) is 2. The minimum Gasteiger partial charge on any atom is -0.496 e. The molecule has 12 heteroatoms. The van der Waals surface area contributed by atoms with Crippen molar-refractivity contribution in [3.63, 3.8) is 0 Å². The summed E-state index contributed by atoms with van der Waals surface area (Å²) in [7, 11) is -2.63. The van der Waals surface area contributed by atoms with Crippen molar-refractivity contribution in [1.82, 2.24) is 19.5 Å². The van der Waals surface area contributed by atoms with Crippen LogP contribution >= 0.6 is 0 Å². The van der Waals surface area contributed by atoms with E-state index in [-0.39, 0.29) is 16.2 Å². The zero-order chi connectivity index (χ0) is 24.3. The van der Waals surface area contributed by atoms with Crippen LogP contribution in [0.2, 0.25) is 0 Å². The number of sulfonamides is 1. The second-order valence-corrected chi connectivity index (χ2v) is 8.72. The van der Waals surface area contributed by atoms with Crippen molar-refractivity contribution in [3.05, 3.63) is 78.6 Å². The van der Waals surface area contributed by atoms with E-state index in [1.165, 1.54) is 31.4 Å². The van der Waals surface area contributed by atoms with E-state index in [1.807, 2.05) is 0 Å². The summed E-state index contributed by atoms with van der Waals surface area (Å²) in [6.07, 6.45) is 5.00. The number of imidazole rings is 1. The topological polar surface area (TPSA) is 151 Å². The maximum absolute atomic E-state index is 12.8. The van der Waals surface area contributed by atoms with Crippen molar-refractivity contribution >= 4 is 21.6 Å². The highest BCUT2D eigenvalue weighted by atomic mass is 32.2. The Kier molecular flexibility index (Phi) is 6.15. The van der Waals surface area contributed by atoms with Crippen LogP contribution < -0.4 is 19.9 Å². The number of aromatic nitrogens is 4. The molecule has 0 spiro atoms. The van der Waals surface area contributed by atoms with Gasteiger partial charge in [-0.3, -0.25) is 14.1 Å². The van der Waals surface area contributed by atoms with Gasteiger partial charge in [0.2, 0.25) is 5.88 Å². The van der Waals surface area contributed by atoms with Crippen LogP contribution in [0.15, 0.2) is 72.1 Å². The molecule has 0 fully saturated rings. The number of carbonyl (C=O) groups excluding carboxylic acids is 1. The van der Waals surface area contributed by atoms with Crippen LogP contribution in [0.4, 0.5) is 5.69 Å². The third kappa shape index (κ3) is 4.96. The smallest absolute Gasteiger partial charge is 0.261 e. The quantitative estimate of drug-likeness (QED) is 0.391. The molecule has 174 valence electrons. The van der Waals surface area contributed by atoms with Crippen molar-refractivity contribution in [2.24, 2.45) is 5.73 Å². The zero-order valence-electron chi connectivity index (χ0n) is 18.2. The van der Waals surface area contributed by atoms with Gasteiger partial charge in [-0.25, -0.2) is 18.4 Å². The van der Waals surface area contributed by atoms with Crippen LogP contribution in [0.5, 0.6) is 17.4 Å². The van der Waals surface area contributed by atoms with Crippen molar-refractivity contribution in [2.75, 3.05) is 11.8 Å². The van der Waals surface area contributed by atoms with Gasteiger partial charge in [0.25, 0.3) is 15.9 Å². The molecule has 0 bridgehead atoms. The summed E-state index contributed by atoms with van der Waals surface area (Å²) >= 11 is 0. The first-order valence-electron chi connectivity index (χ1n) is 9.88. The molecule has 3 N–H and O–H groups in total. The van der Waals surface area contributed by atoms with Crippen LogP contribution in [0.1, 0.15) is 16.2 Å². The summed E-state index contributed by atoms with van der Waals surface area (Å²) < 4.78 is 40.6. The summed E-state index contributed by atoms with van der Waals surface area (Å²) in [4.78, 5) is 24.1. The molecule has 4 aromatic rings. The average Bonchev–Trinajstić information content (AvgIpc) is 3.34. The lowest BCUT2D eigenvalue weighted by atomic mass is 10.2. The number of rotatable bonds is 8. The van der Waals surface area contributed by atoms with Crippen LogP contribution in [0.3, 0.4) is 0 Å². The maximum Gasteiger partial charge on any atom is 0.261 e. The molecule has 0 unspecified atom stereocenters. The molecule has 4 rings (SSSR count). The molecule has 0 atom stereocenters. The van der Waals surface area contributed by atoms with Crippen molar-refractivity contribution in [1.29, 1.82) is 0 Å². The van der Waals surface area contributed by atoms with E-state index >= 15 is 0 Å². The average molecular weight is 481 g/mol. The van der Waals surface area contributed by atoms with Crippen LogP contribution in [-0.4, -0.2) is 41.0 Å². The number of ether oxygens (including phenoxy) is 2. The van der Waals surface area contributed by atoms with Gasteiger partial charge in [0.05, 0.1) is 17.6 Å². The molecule has 2 aromatic carbocycles. The molecule has 2 heterocycles. The fraction of sp³-hybridized carbons (Fsp3) is 0.0909. The van der Waals surface area contributed by atoms with E-state index in [2.05, 4.69) is 19.7 Å². The molecule has 0 aliphatic heterocycles. The molecule has 34 heavy (non-hydrogen) atoms. The number of hydrogen-bond acceptors (Lipinski definition) is 8. The van der Waals surface area contributed by atoms with Crippen molar-refractivity contribution in [2.45, 2.75) is 11.8 Å². The fourth-order valence-electron chi connectivity index (χ4n) is 3.08. The number of methoxy groups -OCH3 is 1. The third-order valence-corrected chi connectivity index (χ3v) is 6.02. The number of amides is 1. The molecule has 0 radical (unpaired) electrons. The lowest BCUT2D eigenvalue weighted by Crippen LogP contribution is -2.16. The number of anilines is 1. The molecular weight excluding hydrogens is 460 g/mol. The van der Waals surface area contributed by atoms with E-state index in [0.29, 0.717) is 29.0 Å². The standard InChI is InChI=1S/C22H20N6O5S/c1-14-25-20(28-10-9-24-13-28)12-21(26-14)33-16-5-3-15(4-6-16)27-34(30,31)17-7-8-19(32-2)18(11-17)22(23)29/h3-13,27H,1-2H3,(H2,23,29). The Morgan fingerprint density at radius 2 is 1.85 bits per heavy atom. The molecular formula is C22H20N6O5S. The van der Waals surface area contributed by atoms with Gasteiger partial charge in [0.15, 0.2) is 0 Å². The molecule has 0 aliphatic carbocycles. The fourth-order valence-corrected chi connectivity index (χ4v) is 4.16. The first-order valence-corrected chi connectivity index (χ1v) is 11.4. The second-order valence-electron chi connectivity index (χ2n) is 7.04. The van der Waals surface area contributed by atoms with Crippen LogP contribution in [0, 0.1) is 6.92 Å². The predicted molar refractivity (Wildman–Crippen MR) is 123 cm³/mol. The maximum atomic E-state index is 12.8. The SMILES string of the molecule is COc1ccc(S(=O)(=O)Nc2ccc(Oc3cc(-n4ccnc4)nc(C)n3)cc2)cc1C(N)=O. The minimum absolute atomic E-state index is 0.0377. The third-order valence-electron chi connectivity index (χ3n) is 4.65. The monoisotopic (exact) mass is 480 g/mol. The van der Waals surface area contributed by atoms with Gasteiger partial charge < -0.3 is 15.2 Å². The Labute approximate surface area is 195 Å². The first kappa shape index (κ1) is 22.7. The Morgan fingerprint density at radius 1 is 1.09 bits per heavy atom. The van der Waals surface area contributed by atoms with E-state index in [0.717, 1.165) is 6.07 Å². The summed E-state index contributed by atoms with van der Waals surface area (Å²) in [5, 5.41) is 0. The van der Waals surface area contributed by atoms with Crippen molar-refractivity contribution in [3.8, 4) is 23.2 Å². The second kappa shape index (κ2) is 9.19. The molecule has 0 saturated carbocycles. The lowest BCUT2D eigenvalue weighted by Gasteiger charge is -2.12. The van der Waals surface area contributed by atoms with Gasteiger partial charge in [-0.05, 0) is 49.4 Å². The number of benzene rings is 2. The van der Waals surface area contributed by atoms with Gasteiger partial charge in [0, 0.05) is 24.1 Å². The Balaban J connectivity index is 1.51. The summed E-state index contributed by atoms with van der Waals surface area (Å²) in [6.45, 7) is 1.74. The number of aryl methyl sites for hydroxylation is 1. The Bertz CT molecular complexity index is 1440. The van der Waals surface area contributed by atoms with E-state index in [4.69, 9.17) is 15.2 Å². The van der Waals surface area contributed by atoms with Gasteiger partial charge in [-0.2, -0.15) is 4.98 Å². The van der Waals surface area contributed by atoms with E-state index < -0.39 is 15.9 Å². The summed E-state index contributed by atoms with van der Waals surface area (Å²) in [5.41, 5.74) is 5.58. The van der Waals surface area contributed by atoms with Crippen LogP contribution in [0.25, 0.3) is 5.82 Å². The van der Waals surface area contributed by atoms with Gasteiger partial charge in [-0.1, -0.05) is 0 Å². The predicted octanol–water partition coefficient (Wildman–Crippen LogP) is 2.67. The molecule has 0 saturated heterocycles. The number of nitrogens with two attached hydrogens (primary N) is 1. The highest BCUT2D eigenvalue weighted by Gasteiger charge is 2.19. The Hall–Kier alpha value is -4.45. The lowest BCUT2D eigenvalue weighted by molar-refractivity contribution is 0.0997. The molecule has 1 amide bonds. The van der Waals surface area contributed by atoms with E-state index in [9.17, 15) is 13.2 Å². The summed E-state index contributed by atoms with van der Waals surface area (Å²) in [5.74, 6) is 1.26. The Morgan fingerprint density at radius 3 is 2.50 bits per heavy atom. The van der Waals surface area contributed by atoms with Crippen LogP contribution in [-0.2, 0) is 10.0 Å². The zero-order valence-corrected chi connectivity index (χ0v) is 19.0. The number of primary amides is 1. The highest BCUT2D eigenvalue weighted by molar-refractivity contribution is 7.92. The minimum atomic E-state index is -3.99. The van der Waals surface area contributed by atoms with Gasteiger partial charge in [0.1, 0.15) is 29.5 Å². The van der Waals surface area contributed by atoms with Crippen molar-refractivity contribution < 1.29 is 22.7 Å². The molecule has 2 aromatic heterocycles. The van der Waals surface area contributed by atoms with E-state index in [1.54, 1.807) is 48.4 Å².